The van der Waals surface area contributed by atoms with Crippen molar-refractivity contribution in [2.75, 3.05) is 5.32 Å². The van der Waals surface area contributed by atoms with Crippen LogP contribution in [0.5, 0.6) is 0 Å². The Morgan fingerprint density at radius 2 is 1.75 bits per heavy atom. The molecule has 4 heteroatoms. The fraction of sp³-hybridized carbons (Fsp3) is 0.188. The van der Waals surface area contributed by atoms with E-state index in [-0.39, 0.29) is 6.03 Å². The van der Waals surface area contributed by atoms with Crippen LogP contribution in [0.2, 0.25) is 5.02 Å². The molecule has 0 radical (unpaired) electrons. The van der Waals surface area contributed by atoms with Gasteiger partial charge in [0.15, 0.2) is 0 Å². The van der Waals surface area contributed by atoms with Crippen molar-refractivity contribution in [2.24, 2.45) is 0 Å². The van der Waals surface area contributed by atoms with E-state index in [0.29, 0.717) is 11.6 Å². The minimum Gasteiger partial charge on any atom is -0.334 e. The minimum absolute atomic E-state index is 0.241. The number of nitrogens with one attached hydrogen (secondary N) is 2. The molecule has 0 bridgehead atoms. The van der Waals surface area contributed by atoms with E-state index in [0.717, 1.165) is 22.4 Å². The lowest BCUT2D eigenvalue weighted by atomic mass is 10.1. The van der Waals surface area contributed by atoms with E-state index in [9.17, 15) is 4.79 Å². The summed E-state index contributed by atoms with van der Waals surface area (Å²) in [6.45, 7) is 4.40. The van der Waals surface area contributed by atoms with E-state index in [1.807, 2.05) is 44.2 Å². The highest BCUT2D eigenvalue weighted by Crippen LogP contribution is 2.15. The first-order chi connectivity index (χ1) is 9.54. The Kier molecular flexibility index (Phi) is 4.64. The maximum Gasteiger partial charge on any atom is 0.319 e. The topological polar surface area (TPSA) is 41.1 Å². The third kappa shape index (κ3) is 4.00. The molecule has 2 aromatic rings. The summed E-state index contributed by atoms with van der Waals surface area (Å²) in [4.78, 5) is 11.9. The van der Waals surface area contributed by atoms with Crippen LogP contribution in [0.15, 0.2) is 42.5 Å². The third-order valence-corrected chi connectivity index (χ3v) is 3.25. The van der Waals surface area contributed by atoms with Crippen LogP contribution in [0.1, 0.15) is 16.7 Å². The molecular weight excluding hydrogens is 272 g/mol. The molecule has 0 aliphatic heterocycles. The molecule has 0 saturated heterocycles. The second kappa shape index (κ2) is 6.44. The van der Waals surface area contributed by atoms with Crippen molar-refractivity contribution < 1.29 is 4.79 Å². The number of hydrogen-bond acceptors (Lipinski definition) is 1. The predicted molar refractivity (Wildman–Crippen MR) is 83.2 cm³/mol. The first-order valence-corrected chi connectivity index (χ1v) is 6.79. The number of benzene rings is 2. The molecule has 0 fully saturated rings. The number of halogens is 1. The van der Waals surface area contributed by atoms with Gasteiger partial charge in [-0.1, -0.05) is 35.9 Å². The van der Waals surface area contributed by atoms with E-state index in [1.54, 1.807) is 6.07 Å². The lowest BCUT2D eigenvalue weighted by molar-refractivity contribution is 0.252. The quantitative estimate of drug-likeness (QED) is 0.869. The summed E-state index contributed by atoms with van der Waals surface area (Å²) in [6.07, 6.45) is 0. The zero-order valence-electron chi connectivity index (χ0n) is 11.5. The number of aryl methyl sites for hydroxylation is 2. The Labute approximate surface area is 124 Å². The standard InChI is InChI=1S/C16H17ClN2O/c1-11-7-12(2)9-14(8-11)19-16(20)18-10-13-5-3-4-6-15(13)17/h3-9H,10H2,1-2H3,(H2,18,19,20). The Hall–Kier alpha value is -2.00. The fourth-order valence-corrected chi connectivity index (χ4v) is 2.24. The molecule has 104 valence electrons. The van der Waals surface area contributed by atoms with Crippen molar-refractivity contribution in [3.8, 4) is 0 Å². The van der Waals surface area contributed by atoms with Crippen LogP contribution >= 0.6 is 11.6 Å². The molecule has 0 saturated carbocycles. The van der Waals surface area contributed by atoms with Crippen LogP contribution in [-0.2, 0) is 6.54 Å². The van der Waals surface area contributed by atoms with E-state index in [1.165, 1.54) is 0 Å². The highest BCUT2D eigenvalue weighted by atomic mass is 35.5. The van der Waals surface area contributed by atoms with Gasteiger partial charge in [0.25, 0.3) is 0 Å². The SMILES string of the molecule is Cc1cc(C)cc(NC(=O)NCc2ccccc2Cl)c1. The zero-order valence-corrected chi connectivity index (χ0v) is 12.3. The molecule has 2 amide bonds. The molecular formula is C16H17ClN2O. The monoisotopic (exact) mass is 288 g/mol. The van der Waals surface area contributed by atoms with Crippen LogP contribution in [0.25, 0.3) is 0 Å². The Morgan fingerprint density at radius 3 is 2.40 bits per heavy atom. The molecule has 0 aliphatic rings. The molecule has 0 aliphatic carbocycles. The Morgan fingerprint density at radius 1 is 1.10 bits per heavy atom. The largest absolute Gasteiger partial charge is 0.334 e. The molecule has 2 N–H and O–H groups in total. The number of carbonyl (C=O) groups excluding carboxylic acids is 1. The molecule has 0 atom stereocenters. The summed E-state index contributed by atoms with van der Waals surface area (Å²) >= 11 is 6.04. The smallest absolute Gasteiger partial charge is 0.319 e. The van der Waals surface area contributed by atoms with Gasteiger partial charge in [-0.3, -0.25) is 0 Å². The number of hydrogen-bond donors (Lipinski definition) is 2. The first-order valence-electron chi connectivity index (χ1n) is 6.41. The van der Waals surface area contributed by atoms with Gasteiger partial charge in [-0.2, -0.15) is 0 Å². The van der Waals surface area contributed by atoms with Gasteiger partial charge in [-0.05, 0) is 48.7 Å². The molecule has 20 heavy (non-hydrogen) atoms. The van der Waals surface area contributed by atoms with Gasteiger partial charge >= 0.3 is 6.03 Å². The average Bonchev–Trinajstić information content (AvgIpc) is 2.36. The van der Waals surface area contributed by atoms with E-state index < -0.39 is 0 Å². The van der Waals surface area contributed by atoms with Crippen LogP contribution < -0.4 is 10.6 Å². The van der Waals surface area contributed by atoms with Gasteiger partial charge in [0.1, 0.15) is 0 Å². The van der Waals surface area contributed by atoms with Crippen molar-refractivity contribution in [1.29, 1.82) is 0 Å². The van der Waals surface area contributed by atoms with E-state index in [4.69, 9.17) is 11.6 Å². The number of amides is 2. The van der Waals surface area contributed by atoms with Crippen molar-refractivity contribution in [3.63, 3.8) is 0 Å². The molecule has 2 rings (SSSR count). The summed E-state index contributed by atoms with van der Waals surface area (Å²) in [5.74, 6) is 0. The third-order valence-electron chi connectivity index (χ3n) is 2.88. The fourth-order valence-electron chi connectivity index (χ4n) is 2.04. The summed E-state index contributed by atoms with van der Waals surface area (Å²) in [5.41, 5.74) is 3.92. The second-order valence-corrected chi connectivity index (χ2v) is 5.18. The predicted octanol–water partition coefficient (Wildman–Crippen LogP) is 4.28. The molecule has 2 aromatic carbocycles. The van der Waals surface area contributed by atoms with Gasteiger partial charge in [-0.15, -0.1) is 0 Å². The van der Waals surface area contributed by atoms with Gasteiger partial charge < -0.3 is 10.6 Å². The van der Waals surface area contributed by atoms with Crippen molar-refractivity contribution in [1.82, 2.24) is 5.32 Å². The average molecular weight is 289 g/mol. The maximum absolute atomic E-state index is 11.9. The van der Waals surface area contributed by atoms with E-state index in [2.05, 4.69) is 16.7 Å². The summed E-state index contributed by atoms with van der Waals surface area (Å²) < 4.78 is 0. The van der Waals surface area contributed by atoms with Crippen LogP contribution in [-0.4, -0.2) is 6.03 Å². The highest BCUT2D eigenvalue weighted by molar-refractivity contribution is 6.31. The van der Waals surface area contributed by atoms with Crippen molar-refractivity contribution in [2.45, 2.75) is 20.4 Å². The number of anilines is 1. The molecule has 0 heterocycles. The van der Waals surface area contributed by atoms with E-state index >= 15 is 0 Å². The maximum atomic E-state index is 11.9. The molecule has 0 spiro atoms. The summed E-state index contributed by atoms with van der Waals surface area (Å²) in [7, 11) is 0. The molecule has 3 nitrogen and oxygen atoms in total. The minimum atomic E-state index is -0.241. The van der Waals surface area contributed by atoms with Crippen molar-refractivity contribution in [3.05, 3.63) is 64.2 Å². The Bertz CT molecular complexity index is 605. The zero-order chi connectivity index (χ0) is 14.5. The van der Waals surface area contributed by atoms with Crippen LogP contribution in [0, 0.1) is 13.8 Å². The molecule has 0 aromatic heterocycles. The van der Waals surface area contributed by atoms with Gasteiger partial charge in [0, 0.05) is 17.3 Å². The van der Waals surface area contributed by atoms with Gasteiger partial charge in [0.2, 0.25) is 0 Å². The number of carbonyl (C=O) groups is 1. The van der Waals surface area contributed by atoms with Crippen molar-refractivity contribution >= 4 is 23.3 Å². The normalized spacial score (nSPS) is 10.2. The highest BCUT2D eigenvalue weighted by Gasteiger charge is 2.04. The number of rotatable bonds is 3. The summed E-state index contributed by atoms with van der Waals surface area (Å²) in [5, 5.41) is 6.26. The van der Waals surface area contributed by atoms with Crippen LogP contribution in [0.4, 0.5) is 10.5 Å². The second-order valence-electron chi connectivity index (χ2n) is 4.78. The number of urea groups is 1. The Balaban J connectivity index is 1.94. The van der Waals surface area contributed by atoms with Crippen LogP contribution in [0.3, 0.4) is 0 Å². The summed E-state index contributed by atoms with van der Waals surface area (Å²) in [6, 6.07) is 13.1. The van der Waals surface area contributed by atoms with Gasteiger partial charge in [0.05, 0.1) is 0 Å². The molecule has 0 unspecified atom stereocenters. The first kappa shape index (κ1) is 14.4. The van der Waals surface area contributed by atoms with Gasteiger partial charge in [-0.25, -0.2) is 4.79 Å². The lowest BCUT2D eigenvalue weighted by Gasteiger charge is -2.10. The lowest BCUT2D eigenvalue weighted by Crippen LogP contribution is -2.28.